The number of primary amides is 1. The molecule has 0 atom stereocenters. The summed E-state index contributed by atoms with van der Waals surface area (Å²) >= 11 is 12.5. The Labute approximate surface area is 131 Å². The van der Waals surface area contributed by atoms with Crippen LogP contribution in [-0.4, -0.2) is 5.91 Å². The number of carbonyl (C=O) groups is 1. The number of nitrogens with one attached hydrogen (secondary N) is 1. The summed E-state index contributed by atoms with van der Waals surface area (Å²) in [6.07, 6.45) is 0. The number of carbonyl (C=O) groups excluding carboxylic acids is 1. The average molecular weight is 408 g/mol. The molecule has 1 aromatic carbocycles. The molecule has 0 saturated carbocycles. The summed E-state index contributed by atoms with van der Waals surface area (Å²) in [5.41, 5.74) is 6.26. The van der Waals surface area contributed by atoms with Crippen molar-refractivity contribution >= 4 is 55.1 Å². The number of hydrogen-bond acceptors (Lipinski definition) is 3. The molecule has 2 rings (SSSR count). The van der Waals surface area contributed by atoms with Crippen LogP contribution >= 0.6 is 43.5 Å². The summed E-state index contributed by atoms with van der Waals surface area (Å²) in [7, 11) is 0. The lowest BCUT2D eigenvalue weighted by Gasteiger charge is -2.07. The van der Waals surface area contributed by atoms with Crippen LogP contribution in [0.4, 0.5) is 5.69 Å². The molecule has 100 valence electrons. The highest BCUT2D eigenvalue weighted by Crippen LogP contribution is 2.27. The van der Waals surface area contributed by atoms with Gasteiger partial charge in [0.25, 0.3) is 0 Å². The number of furan rings is 1. The van der Waals surface area contributed by atoms with Gasteiger partial charge in [-0.15, -0.1) is 0 Å². The molecule has 1 aromatic heterocycles. The van der Waals surface area contributed by atoms with Crippen molar-refractivity contribution in [2.45, 2.75) is 6.54 Å². The Morgan fingerprint density at radius 1 is 1.37 bits per heavy atom. The van der Waals surface area contributed by atoms with Crippen LogP contribution in [-0.2, 0) is 6.54 Å². The molecule has 0 spiro atoms. The molecule has 0 aliphatic rings. The summed E-state index contributed by atoms with van der Waals surface area (Å²) in [5, 5.41) is 3.46. The Morgan fingerprint density at radius 3 is 2.68 bits per heavy atom. The van der Waals surface area contributed by atoms with Crippen LogP contribution in [0.25, 0.3) is 0 Å². The molecular weight excluding hydrogens is 399 g/mol. The van der Waals surface area contributed by atoms with Crippen LogP contribution in [0.5, 0.6) is 0 Å². The van der Waals surface area contributed by atoms with Gasteiger partial charge in [-0.25, -0.2) is 0 Å². The van der Waals surface area contributed by atoms with Gasteiger partial charge in [0, 0.05) is 5.69 Å². The third-order valence-corrected chi connectivity index (χ3v) is 4.43. The first-order valence-electron chi connectivity index (χ1n) is 5.24. The van der Waals surface area contributed by atoms with Gasteiger partial charge < -0.3 is 15.5 Å². The summed E-state index contributed by atoms with van der Waals surface area (Å²) < 4.78 is 6.91. The van der Waals surface area contributed by atoms with Crippen molar-refractivity contribution in [3.63, 3.8) is 0 Å². The quantitative estimate of drug-likeness (QED) is 0.798. The molecule has 0 saturated heterocycles. The number of rotatable bonds is 4. The molecule has 0 aliphatic heterocycles. The Kier molecular flexibility index (Phi) is 4.54. The fraction of sp³-hybridized carbons (Fsp3) is 0.0833. The molecule has 1 amide bonds. The minimum absolute atomic E-state index is 0.286. The minimum atomic E-state index is -0.558. The van der Waals surface area contributed by atoms with Gasteiger partial charge in [0.2, 0.25) is 5.91 Å². The molecule has 7 heteroatoms. The van der Waals surface area contributed by atoms with Gasteiger partial charge in [0.15, 0.2) is 4.67 Å². The van der Waals surface area contributed by atoms with E-state index in [9.17, 15) is 4.79 Å². The zero-order valence-electron chi connectivity index (χ0n) is 9.54. The van der Waals surface area contributed by atoms with Crippen molar-refractivity contribution in [1.29, 1.82) is 0 Å². The van der Waals surface area contributed by atoms with Gasteiger partial charge in [-0.1, -0.05) is 11.6 Å². The smallest absolute Gasteiger partial charge is 0.250 e. The maximum absolute atomic E-state index is 11.2. The number of hydrogen-bond donors (Lipinski definition) is 2. The van der Waals surface area contributed by atoms with Gasteiger partial charge in [-0.3, -0.25) is 4.79 Å². The highest BCUT2D eigenvalue weighted by molar-refractivity contribution is 9.13. The predicted octanol–water partition coefficient (Wildman–Crippen LogP) is 4.17. The van der Waals surface area contributed by atoms with Crippen molar-refractivity contribution < 1.29 is 9.21 Å². The van der Waals surface area contributed by atoms with Crippen LogP contribution in [0.2, 0.25) is 5.02 Å². The molecule has 3 N–H and O–H groups in total. The fourth-order valence-corrected chi connectivity index (χ4v) is 2.36. The molecule has 19 heavy (non-hydrogen) atoms. The van der Waals surface area contributed by atoms with E-state index in [2.05, 4.69) is 37.2 Å². The first kappa shape index (κ1) is 14.4. The molecule has 0 bridgehead atoms. The molecule has 1 heterocycles. The molecule has 2 aromatic rings. The van der Waals surface area contributed by atoms with Gasteiger partial charge in [0.05, 0.1) is 21.6 Å². The number of anilines is 1. The summed E-state index contributed by atoms with van der Waals surface area (Å²) in [5.74, 6) is 0.187. The molecule has 4 nitrogen and oxygen atoms in total. The normalized spacial score (nSPS) is 10.5. The summed E-state index contributed by atoms with van der Waals surface area (Å²) in [6, 6.07) is 6.85. The highest BCUT2D eigenvalue weighted by Gasteiger charge is 2.09. The maximum Gasteiger partial charge on any atom is 0.250 e. The molecule has 0 aliphatic carbocycles. The van der Waals surface area contributed by atoms with E-state index >= 15 is 0 Å². The van der Waals surface area contributed by atoms with E-state index in [0.29, 0.717) is 16.2 Å². The van der Waals surface area contributed by atoms with Crippen molar-refractivity contribution in [2.24, 2.45) is 5.73 Å². The lowest BCUT2D eigenvalue weighted by Crippen LogP contribution is -2.12. The van der Waals surface area contributed by atoms with Gasteiger partial charge in [0.1, 0.15) is 5.76 Å². The standard InChI is InChI=1S/C12H9Br2ClN2O2/c13-9-4-7(19-11(9)14)5-17-6-1-2-10(15)8(3-6)12(16)18/h1-4,17H,5H2,(H2,16,18). The van der Waals surface area contributed by atoms with Gasteiger partial charge in [-0.2, -0.15) is 0 Å². The van der Waals surface area contributed by atoms with Crippen LogP contribution in [0, 0.1) is 0 Å². The zero-order valence-corrected chi connectivity index (χ0v) is 13.5. The van der Waals surface area contributed by atoms with E-state index in [1.165, 1.54) is 0 Å². The van der Waals surface area contributed by atoms with E-state index in [0.717, 1.165) is 15.9 Å². The van der Waals surface area contributed by atoms with Crippen molar-refractivity contribution in [1.82, 2.24) is 0 Å². The first-order chi connectivity index (χ1) is 8.97. The van der Waals surface area contributed by atoms with Crippen LogP contribution in [0.3, 0.4) is 0 Å². The SMILES string of the molecule is NC(=O)c1cc(NCc2cc(Br)c(Br)o2)ccc1Cl. The fourth-order valence-electron chi connectivity index (χ4n) is 1.49. The number of nitrogens with two attached hydrogens (primary N) is 1. The Bertz CT molecular complexity index is 609. The van der Waals surface area contributed by atoms with Gasteiger partial charge >= 0.3 is 0 Å². The molecular formula is C12H9Br2ClN2O2. The highest BCUT2D eigenvalue weighted by atomic mass is 79.9. The largest absolute Gasteiger partial charge is 0.451 e. The lowest BCUT2D eigenvalue weighted by molar-refractivity contribution is 0.100. The van der Waals surface area contributed by atoms with Gasteiger partial charge in [-0.05, 0) is 56.1 Å². The predicted molar refractivity (Wildman–Crippen MR) is 81.4 cm³/mol. The molecule has 0 unspecified atom stereocenters. The number of benzene rings is 1. The van der Waals surface area contributed by atoms with Crippen LogP contribution in [0.1, 0.15) is 16.1 Å². The first-order valence-corrected chi connectivity index (χ1v) is 7.20. The van der Waals surface area contributed by atoms with E-state index in [-0.39, 0.29) is 5.56 Å². The van der Waals surface area contributed by atoms with Crippen LogP contribution < -0.4 is 11.1 Å². The topological polar surface area (TPSA) is 68.3 Å². The number of amides is 1. The second-order valence-electron chi connectivity index (χ2n) is 3.75. The van der Waals surface area contributed by atoms with Crippen molar-refractivity contribution in [2.75, 3.05) is 5.32 Å². The maximum atomic E-state index is 11.2. The van der Waals surface area contributed by atoms with E-state index in [4.69, 9.17) is 21.8 Å². The third kappa shape index (κ3) is 3.52. The monoisotopic (exact) mass is 406 g/mol. The number of halogens is 3. The van der Waals surface area contributed by atoms with E-state index in [1.54, 1.807) is 18.2 Å². The van der Waals surface area contributed by atoms with Crippen LogP contribution in [0.15, 0.2) is 37.8 Å². The third-order valence-electron chi connectivity index (χ3n) is 2.39. The second kappa shape index (κ2) is 5.98. The lowest BCUT2D eigenvalue weighted by atomic mass is 10.2. The molecule has 0 fully saturated rings. The Balaban J connectivity index is 2.11. The van der Waals surface area contributed by atoms with E-state index < -0.39 is 5.91 Å². The average Bonchev–Trinajstić information content (AvgIpc) is 2.67. The summed E-state index contributed by atoms with van der Waals surface area (Å²) in [6.45, 7) is 0.476. The minimum Gasteiger partial charge on any atom is -0.451 e. The van der Waals surface area contributed by atoms with Crippen molar-refractivity contribution in [3.05, 3.63) is 49.8 Å². The van der Waals surface area contributed by atoms with E-state index in [1.807, 2.05) is 6.07 Å². The Hall–Kier alpha value is -0.980. The Morgan fingerprint density at radius 2 is 2.11 bits per heavy atom. The zero-order chi connectivity index (χ0) is 14.0. The van der Waals surface area contributed by atoms with Crippen molar-refractivity contribution in [3.8, 4) is 0 Å². The molecule has 0 radical (unpaired) electrons. The summed E-state index contributed by atoms with van der Waals surface area (Å²) in [4.78, 5) is 11.2. The second-order valence-corrected chi connectivity index (χ2v) is 5.73.